The lowest BCUT2D eigenvalue weighted by molar-refractivity contribution is -0.137. The maximum atomic E-state index is 13.9. The number of hydrogen-bond acceptors (Lipinski definition) is 5. The van der Waals surface area contributed by atoms with Crippen molar-refractivity contribution in [1.29, 1.82) is 0 Å². The van der Waals surface area contributed by atoms with E-state index >= 15 is 0 Å². The number of likely N-dealkylation sites (N-methyl/N-ethyl adjacent to an activating group) is 1. The van der Waals surface area contributed by atoms with Gasteiger partial charge in [-0.3, -0.25) is 14.5 Å². The highest BCUT2D eigenvalue weighted by atomic mass is 16.4. The molecule has 2 aliphatic heterocycles. The second-order valence-electron chi connectivity index (χ2n) is 14.3. The lowest BCUT2D eigenvalue weighted by Crippen LogP contribution is -2.43. The molecule has 1 saturated carbocycles. The summed E-state index contributed by atoms with van der Waals surface area (Å²) >= 11 is 0. The fourth-order valence-electron chi connectivity index (χ4n) is 7.77. The minimum Gasteiger partial charge on any atom is -0.465 e. The van der Waals surface area contributed by atoms with Crippen LogP contribution in [0.2, 0.25) is 0 Å². The molecule has 3 aromatic carbocycles. The van der Waals surface area contributed by atoms with Crippen LogP contribution in [0.4, 0.5) is 4.79 Å². The smallest absolute Gasteiger partial charge is 0.407 e. The van der Waals surface area contributed by atoms with Gasteiger partial charge in [-0.05, 0) is 72.3 Å². The molecule has 11 nitrogen and oxygen atoms in total. The number of rotatable bonds is 10. The molecule has 11 heteroatoms. The van der Waals surface area contributed by atoms with Crippen molar-refractivity contribution < 1.29 is 19.5 Å². The Hall–Kier alpha value is -5.71. The third-order valence-electron chi connectivity index (χ3n) is 10.9. The summed E-state index contributed by atoms with van der Waals surface area (Å²) in [5.41, 5.74) is 6.62. The molecule has 3 aliphatic rings. The van der Waals surface area contributed by atoms with E-state index in [1.165, 1.54) is 19.9 Å². The molecule has 5 aromatic rings. The zero-order valence-electron chi connectivity index (χ0n) is 29.2. The molecule has 52 heavy (non-hydrogen) atoms. The van der Waals surface area contributed by atoms with E-state index in [0.717, 1.165) is 76.6 Å². The van der Waals surface area contributed by atoms with Gasteiger partial charge in [-0.2, -0.15) is 0 Å². The minimum atomic E-state index is -1.16. The van der Waals surface area contributed by atoms with E-state index in [0.29, 0.717) is 30.3 Å². The van der Waals surface area contributed by atoms with E-state index in [9.17, 15) is 19.5 Å². The molecule has 3 N–H and O–H groups in total. The highest BCUT2D eigenvalue weighted by Crippen LogP contribution is 2.38. The molecule has 0 radical (unpaired) electrons. The van der Waals surface area contributed by atoms with Crippen molar-refractivity contribution in [1.82, 2.24) is 34.6 Å². The SMILES string of the molecule is CN(C(=O)O)[C@@H](C(=O)N1CCC[C@H]1c1ncc(-c2ccc(-c3ccc(-c4cnc([C@@H]5CCCN5C(=O)CC5CC5)[nH]4)cc3)cc2)[nH]1)c1ccccc1. The van der Waals surface area contributed by atoms with E-state index in [2.05, 4.69) is 63.5 Å². The van der Waals surface area contributed by atoms with Crippen LogP contribution in [0.25, 0.3) is 33.6 Å². The summed E-state index contributed by atoms with van der Waals surface area (Å²) in [5.74, 6) is 2.15. The summed E-state index contributed by atoms with van der Waals surface area (Å²) in [5, 5.41) is 9.77. The van der Waals surface area contributed by atoms with Gasteiger partial charge in [-0.15, -0.1) is 0 Å². The molecular weight excluding hydrogens is 654 g/mol. The van der Waals surface area contributed by atoms with Crippen LogP contribution in [-0.4, -0.2) is 77.8 Å². The first-order valence-electron chi connectivity index (χ1n) is 18.3. The predicted molar refractivity (Wildman–Crippen MR) is 197 cm³/mol. The number of nitrogens with zero attached hydrogens (tertiary/aromatic N) is 5. The number of carbonyl (C=O) groups is 3. The first-order chi connectivity index (χ1) is 25.3. The Labute approximate surface area is 302 Å². The van der Waals surface area contributed by atoms with Crippen LogP contribution in [0.3, 0.4) is 0 Å². The van der Waals surface area contributed by atoms with Gasteiger partial charge in [0.15, 0.2) is 0 Å². The first-order valence-corrected chi connectivity index (χ1v) is 18.3. The molecule has 0 bridgehead atoms. The molecular formula is C41H43N7O4. The third kappa shape index (κ3) is 6.70. The fourth-order valence-corrected chi connectivity index (χ4v) is 7.77. The van der Waals surface area contributed by atoms with E-state index in [-0.39, 0.29) is 23.9 Å². The van der Waals surface area contributed by atoms with Crippen LogP contribution >= 0.6 is 0 Å². The number of aromatic nitrogens is 4. The van der Waals surface area contributed by atoms with Crippen LogP contribution in [0, 0.1) is 5.92 Å². The van der Waals surface area contributed by atoms with Gasteiger partial charge in [0.2, 0.25) is 5.91 Å². The largest absolute Gasteiger partial charge is 0.465 e. The summed E-state index contributed by atoms with van der Waals surface area (Å²) < 4.78 is 0. The van der Waals surface area contributed by atoms with Gasteiger partial charge >= 0.3 is 6.09 Å². The summed E-state index contributed by atoms with van der Waals surface area (Å²) in [6.07, 6.45) is 9.04. The van der Waals surface area contributed by atoms with E-state index in [4.69, 9.17) is 4.98 Å². The number of H-pyrrole nitrogens is 2. The van der Waals surface area contributed by atoms with Gasteiger partial charge in [0.25, 0.3) is 5.91 Å². The lowest BCUT2D eigenvalue weighted by atomic mass is 10.0. The predicted octanol–water partition coefficient (Wildman–Crippen LogP) is 7.61. The van der Waals surface area contributed by atoms with Crippen molar-refractivity contribution in [2.45, 2.75) is 63.1 Å². The van der Waals surface area contributed by atoms with Crippen molar-refractivity contribution in [2.24, 2.45) is 5.92 Å². The zero-order valence-corrected chi connectivity index (χ0v) is 29.2. The average molecular weight is 698 g/mol. The molecule has 2 saturated heterocycles. The third-order valence-corrected chi connectivity index (χ3v) is 10.9. The maximum Gasteiger partial charge on any atom is 0.407 e. The van der Waals surface area contributed by atoms with Gasteiger partial charge in [-0.25, -0.2) is 14.8 Å². The monoisotopic (exact) mass is 697 g/mol. The fraction of sp³-hybridized carbons (Fsp3) is 0.341. The highest BCUT2D eigenvalue weighted by molar-refractivity contribution is 5.87. The zero-order chi connectivity index (χ0) is 35.8. The Morgan fingerprint density at radius 3 is 1.75 bits per heavy atom. The second-order valence-corrected chi connectivity index (χ2v) is 14.3. The van der Waals surface area contributed by atoms with Crippen molar-refractivity contribution in [3.63, 3.8) is 0 Å². The second kappa shape index (κ2) is 14.1. The maximum absolute atomic E-state index is 13.9. The minimum absolute atomic E-state index is 0.0289. The number of likely N-dealkylation sites (tertiary alicyclic amines) is 2. The van der Waals surface area contributed by atoms with Crippen LogP contribution in [-0.2, 0) is 9.59 Å². The molecule has 0 unspecified atom stereocenters. The molecule has 1 aliphatic carbocycles. The standard InChI is InChI=1S/C41H43N7O4/c1-46(41(51)52)37(31-7-3-2-4-8-31)40(50)48-22-6-10-35(48)39-43-25-33(45-39)30-19-15-28(16-20-30)27-13-17-29(18-14-27)32-24-42-38(44-32)34-9-5-21-47(34)36(49)23-26-11-12-26/h2-4,7-8,13-20,24-26,34-35,37H,5-6,9-12,21-23H2,1H3,(H,42,44)(H,43,45)(H,51,52)/t34-,35-,37+/m0/s1. The molecule has 266 valence electrons. The summed E-state index contributed by atoms with van der Waals surface area (Å²) in [6, 6.07) is 24.6. The van der Waals surface area contributed by atoms with Crippen LogP contribution in [0.5, 0.6) is 0 Å². The summed E-state index contributed by atoms with van der Waals surface area (Å²) in [6.45, 7) is 1.34. The average Bonchev–Trinajstić information content (AvgIpc) is 3.68. The number of nitrogens with one attached hydrogen (secondary N) is 2. The normalized spacial score (nSPS) is 19.2. The molecule has 3 amide bonds. The lowest BCUT2D eigenvalue weighted by Gasteiger charge is -2.32. The number of amides is 3. The number of benzene rings is 3. The Kier molecular flexibility index (Phi) is 9.09. The summed E-state index contributed by atoms with van der Waals surface area (Å²) in [4.78, 5) is 59.9. The van der Waals surface area contributed by atoms with E-state index in [1.807, 2.05) is 29.3 Å². The van der Waals surface area contributed by atoms with Crippen molar-refractivity contribution in [3.8, 4) is 33.6 Å². The number of carbonyl (C=O) groups excluding carboxylic acids is 2. The number of carboxylic acid groups (broad SMARTS) is 1. The van der Waals surface area contributed by atoms with Crippen molar-refractivity contribution in [3.05, 3.63) is 108 Å². The van der Waals surface area contributed by atoms with Crippen LogP contribution in [0.15, 0.2) is 91.3 Å². The van der Waals surface area contributed by atoms with E-state index in [1.54, 1.807) is 23.2 Å². The Morgan fingerprint density at radius 1 is 0.731 bits per heavy atom. The van der Waals surface area contributed by atoms with Crippen molar-refractivity contribution in [2.75, 3.05) is 20.1 Å². The molecule has 3 atom stereocenters. The molecule has 8 rings (SSSR count). The highest BCUT2D eigenvalue weighted by Gasteiger charge is 2.39. The molecule has 2 aromatic heterocycles. The Morgan fingerprint density at radius 2 is 1.23 bits per heavy atom. The number of imidazole rings is 2. The molecule has 0 spiro atoms. The molecule has 3 fully saturated rings. The van der Waals surface area contributed by atoms with Gasteiger partial charge in [0, 0.05) is 26.6 Å². The Bertz CT molecular complexity index is 2050. The van der Waals surface area contributed by atoms with E-state index < -0.39 is 12.1 Å². The van der Waals surface area contributed by atoms with Crippen molar-refractivity contribution >= 4 is 17.9 Å². The van der Waals surface area contributed by atoms with Gasteiger partial charge in [-0.1, -0.05) is 78.9 Å². The van der Waals surface area contributed by atoms with Gasteiger partial charge in [0.1, 0.15) is 17.7 Å². The number of hydrogen-bond donors (Lipinski definition) is 3. The molecule has 4 heterocycles. The Balaban J connectivity index is 0.936. The first kappa shape index (κ1) is 33.4. The van der Waals surface area contributed by atoms with Gasteiger partial charge < -0.3 is 24.9 Å². The number of aromatic amines is 2. The quantitative estimate of drug-likeness (QED) is 0.137. The van der Waals surface area contributed by atoms with Crippen LogP contribution in [0.1, 0.15) is 80.3 Å². The van der Waals surface area contributed by atoms with Crippen LogP contribution < -0.4 is 0 Å². The van der Waals surface area contributed by atoms with Gasteiger partial charge in [0.05, 0.1) is 35.9 Å². The summed E-state index contributed by atoms with van der Waals surface area (Å²) in [7, 11) is 1.44. The topological polar surface area (TPSA) is 139 Å².